The van der Waals surface area contributed by atoms with Gasteiger partial charge in [-0.1, -0.05) is 26.2 Å². The number of carbonyl (C=O) groups is 1. The highest BCUT2D eigenvalue weighted by Gasteiger charge is 2.27. The van der Waals surface area contributed by atoms with E-state index in [2.05, 4.69) is 22.5 Å². The summed E-state index contributed by atoms with van der Waals surface area (Å²) in [6.45, 7) is 5.39. The predicted octanol–water partition coefficient (Wildman–Crippen LogP) is 3.35. The lowest BCUT2D eigenvalue weighted by atomic mass is 9.76. The summed E-state index contributed by atoms with van der Waals surface area (Å²) in [4.78, 5) is 16.3. The molecule has 1 aliphatic rings. The van der Waals surface area contributed by atoms with Crippen LogP contribution in [0.3, 0.4) is 0 Å². The molecule has 116 valence electrons. The molecular formula is C16H24FN3O. The molecule has 21 heavy (non-hydrogen) atoms. The van der Waals surface area contributed by atoms with E-state index in [4.69, 9.17) is 0 Å². The molecule has 1 saturated carbocycles. The molecule has 1 aliphatic carbocycles. The summed E-state index contributed by atoms with van der Waals surface area (Å²) in [5.74, 6) is -0.319. The molecule has 0 atom stereocenters. The molecule has 0 unspecified atom stereocenters. The number of nitrogens with one attached hydrogen (secondary N) is 2. The van der Waals surface area contributed by atoms with Gasteiger partial charge in [-0.15, -0.1) is 0 Å². The summed E-state index contributed by atoms with van der Waals surface area (Å²) in [6.07, 6.45) is 7.11. The Labute approximate surface area is 125 Å². The third-order valence-electron chi connectivity index (χ3n) is 4.18. The first-order valence-corrected chi connectivity index (χ1v) is 7.72. The van der Waals surface area contributed by atoms with Crippen LogP contribution >= 0.6 is 0 Å². The highest BCUT2D eigenvalue weighted by molar-refractivity contribution is 5.98. The van der Waals surface area contributed by atoms with Crippen molar-refractivity contribution in [3.63, 3.8) is 0 Å². The van der Waals surface area contributed by atoms with E-state index in [1.807, 2.05) is 6.92 Å². The van der Waals surface area contributed by atoms with Crippen LogP contribution in [0.5, 0.6) is 0 Å². The SMILES string of the molecule is CCNc1ncc(F)cc1C(=O)NCC1(C)CCCCC1. The molecule has 0 aliphatic heterocycles. The second-order valence-corrected chi connectivity index (χ2v) is 6.13. The number of hydrogen-bond donors (Lipinski definition) is 2. The van der Waals surface area contributed by atoms with Gasteiger partial charge in [0.05, 0.1) is 11.8 Å². The van der Waals surface area contributed by atoms with Gasteiger partial charge in [0, 0.05) is 13.1 Å². The van der Waals surface area contributed by atoms with Crippen LogP contribution in [0, 0.1) is 11.2 Å². The zero-order valence-electron chi connectivity index (χ0n) is 12.8. The average molecular weight is 293 g/mol. The van der Waals surface area contributed by atoms with Gasteiger partial charge < -0.3 is 10.6 Å². The van der Waals surface area contributed by atoms with Crippen molar-refractivity contribution in [2.45, 2.75) is 46.0 Å². The van der Waals surface area contributed by atoms with Crippen LogP contribution in [0.4, 0.5) is 10.2 Å². The Morgan fingerprint density at radius 3 is 2.76 bits per heavy atom. The zero-order chi connectivity index (χ0) is 15.3. The topological polar surface area (TPSA) is 54.0 Å². The van der Waals surface area contributed by atoms with E-state index >= 15 is 0 Å². The lowest BCUT2D eigenvalue weighted by Gasteiger charge is -2.33. The summed E-state index contributed by atoms with van der Waals surface area (Å²) in [5.41, 5.74) is 0.434. The number of hydrogen-bond acceptors (Lipinski definition) is 3. The lowest BCUT2D eigenvalue weighted by molar-refractivity contribution is 0.0919. The Bertz CT molecular complexity index is 498. The van der Waals surface area contributed by atoms with Crippen molar-refractivity contribution in [1.29, 1.82) is 0 Å². The second-order valence-electron chi connectivity index (χ2n) is 6.13. The van der Waals surface area contributed by atoms with E-state index in [1.165, 1.54) is 25.3 Å². The van der Waals surface area contributed by atoms with Crippen molar-refractivity contribution in [3.8, 4) is 0 Å². The molecule has 1 aromatic heterocycles. The molecule has 1 aromatic rings. The van der Waals surface area contributed by atoms with Crippen molar-refractivity contribution in [2.24, 2.45) is 5.41 Å². The second kappa shape index (κ2) is 6.87. The molecule has 0 spiro atoms. The molecule has 1 heterocycles. The van der Waals surface area contributed by atoms with Crippen LogP contribution in [0.2, 0.25) is 0 Å². The van der Waals surface area contributed by atoms with Gasteiger partial charge in [0.15, 0.2) is 0 Å². The van der Waals surface area contributed by atoms with Crippen molar-refractivity contribution in [3.05, 3.63) is 23.6 Å². The fourth-order valence-electron chi connectivity index (χ4n) is 2.89. The third kappa shape index (κ3) is 4.16. The number of anilines is 1. The van der Waals surface area contributed by atoms with Gasteiger partial charge in [0.25, 0.3) is 5.91 Å². The quantitative estimate of drug-likeness (QED) is 0.875. The number of nitrogens with zero attached hydrogens (tertiary/aromatic N) is 1. The molecular weight excluding hydrogens is 269 g/mol. The number of rotatable bonds is 5. The number of aromatic nitrogens is 1. The Hall–Kier alpha value is -1.65. The minimum Gasteiger partial charge on any atom is -0.370 e. The maximum atomic E-state index is 13.3. The summed E-state index contributed by atoms with van der Waals surface area (Å²) in [7, 11) is 0. The molecule has 2 rings (SSSR count). The minimum absolute atomic E-state index is 0.160. The zero-order valence-corrected chi connectivity index (χ0v) is 12.8. The van der Waals surface area contributed by atoms with E-state index in [0.29, 0.717) is 18.9 Å². The summed E-state index contributed by atoms with van der Waals surface area (Å²) in [5, 5.41) is 5.94. The lowest BCUT2D eigenvalue weighted by Crippen LogP contribution is -2.37. The number of carbonyl (C=O) groups excluding carboxylic acids is 1. The maximum Gasteiger partial charge on any atom is 0.255 e. The molecule has 1 fully saturated rings. The van der Waals surface area contributed by atoms with E-state index in [9.17, 15) is 9.18 Å². The van der Waals surface area contributed by atoms with E-state index < -0.39 is 5.82 Å². The number of halogens is 1. The molecule has 4 nitrogen and oxygen atoms in total. The van der Waals surface area contributed by atoms with Crippen LogP contribution in [0.15, 0.2) is 12.3 Å². The van der Waals surface area contributed by atoms with Gasteiger partial charge in [0.1, 0.15) is 11.6 Å². The first-order chi connectivity index (χ1) is 10.0. The predicted molar refractivity (Wildman–Crippen MR) is 81.9 cm³/mol. The average Bonchev–Trinajstić information content (AvgIpc) is 2.48. The molecule has 2 N–H and O–H groups in total. The minimum atomic E-state index is -0.495. The van der Waals surface area contributed by atoms with Gasteiger partial charge in [-0.3, -0.25) is 4.79 Å². The Balaban J connectivity index is 2.04. The van der Waals surface area contributed by atoms with Crippen LogP contribution in [-0.2, 0) is 0 Å². The summed E-state index contributed by atoms with van der Waals surface area (Å²) >= 11 is 0. The van der Waals surface area contributed by atoms with E-state index in [0.717, 1.165) is 19.0 Å². The van der Waals surface area contributed by atoms with Gasteiger partial charge in [-0.05, 0) is 31.2 Å². The molecule has 0 saturated heterocycles. The fourth-order valence-corrected chi connectivity index (χ4v) is 2.89. The van der Waals surface area contributed by atoms with Crippen LogP contribution < -0.4 is 10.6 Å². The van der Waals surface area contributed by atoms with Crippen molar-refractivity contribution >= 4 is 11.7 Å². The third-order valence-corrected chi connectivity index (χ3v) is 4.18. The largest absolute Gasteiger partial charge is 0.370 e. The first kappa shape index (κ1) is 15.7. The van der Waals surface area contributed by atoms with E-state index in [1.54, 1.807) is 0 Å². The molecule has 1 amide bonds. The highest BCUT2D eigenvalue weighted by atomic mass is 19.1. The fraction of sp³-hybridized carbons (Fsp3) is 0.625. The van der Waals surface area contributed by atoms with Crippen LogP contribution in [0.1, 0.15) is 56.3 Å². The van der Waals surface area contributed by atoms with Gasteiger partial charge in [-0.2, -0.15) is 0 Å². The van der Waals surface area contributed by atoms with E-state index in [-0.39, 0.29) is 16.9 Å². The molecule has 0 radical (unpaired) electrons. The van der Waals surface area contributed by atoms with Gasteiger partial charge in [-0.25, -0.2) is 9.37 Å². The number of amides is 1. The van der Waals surface area contributed by atoms with Crippen molar-refractivity contribution < 1.29 is 9.18 Å². The van der Waals surface area contributed by atoms with Crippen molar-refractivity contribution in [1.82, 2.24) is 10.3 Å². The normalized spacial score (nSPS) is 17.3. The maximum absolute atomic E-state index is 13.3. The van der Waals surface area contributed by atoms with Crippen LogP contribution in [-0.4, -0.2) is 24.0 Å². The Kier molecular flexibility index (Phi) is 5.15. The van der Waals surface area contributed by atoms with Gasteiger partial charge >= 0.3 is 0 Å². The summed E-state index contributed by atoms with van der Waals surface area (Å²) < 4.78 is 13.3. The Morgan fingerprint density at radius 1 is 1.38 bits per heavy atom. The molecule has 0 bridgehead atoms. The standard InChI is InChI=1S/C16H24FN3O/c1-3-18-14-13(9-12(17)10-19-14)15(21)20-11-16(2)7-5-4-6-8-16/h9-10H,3-8,11H2,1-2H3,(H,18,19)(H,20,21). The smallest absolute Gasteiger partial charge is 0.255 e. The van der Waals surface area contributed by atoms with Crippen molar-refractivity contribution in [2.75, 3.05) is 18.4 Å². The molecule has 5 heteroatoms. The van der Waals surface area contributed by atoms with Crippen LogP contribution in [0.25, 0.3) is 0 Å². The Morgan fingerprint density at radius 2 is 2.10 bits per heavy atom. The monoisotopic (exact) mass is 293 g/mol. The first-order valence-electron chi connectivity index (χ1n) is 7.72. The molecule has 0 aromatic carbocycles. The van der Waals surface area contributed by atoms with Gasteiger partial charge in [0.2, 0.25) is 0 Å². The number of pyridine rings is 1. The summed E-state index contributed by atoms with van der Waals surface area (Å²) in [6, 6.07) is 1.24. The highest BCUT2D eigenvalue weighted by Crippen LogP contribution is 2.35.